The van der Waals surface area contributed by atoms with Crippen molar-refractivity contribution in [2.75, 3.05) is 18.0 Å². The van der Waals surface area contributed by atoms with E-state index in [4.69, 9.17) is 5.11 Å². The number of rotatable bonds is 3. The van der Waals surface area contributed by atoms with Gasteiger partial charge in [-0.2, -0.15) is 0 Å². The number of carboxylic acids is 1. The molecular formula is C14H17FN2O3. The van der Waals surface area contributed by atoms with E-state index in [0.29, 0.717) is 18.7 Å². The highest BCUT2D eigenvalue weighted by atomic mass is 19.1. The second kappa shape index (κ2) is 5.48. The monoisotopic (exact) mass is 280 g/mol. The molecule has 1 aliphatic heterocycles. The Kier molecular flexibility index (Phi) is 3.92. The second-order valence-electron chi connectivity index (χ2n) is 5.07. The molecule has 0 saturated carbocycles. The molecule has 1 aromatic carbocycles. The van der Waals surface area contributed by atoms with Gasteiger partial charge in [0.2, 0.25) is 0 Å². The molecule has 6 heteroatoms. The maximum atomic E-state index is 13.3. The second-order valence-corrected chi connectivity index (χ2v) is 5.07. The van der Waals surface area contributed by atoms with Gasteiger partial charge in [0.05, 0.1) is 5.69 Å². The summed E-state index contributed by atoms with van der Waals surface area (Å²) >= 11 is 0. The molecule has 2 amide bonds. The third-order valence-corrected chi connectivity index (χ3v) is 3.35. The number of hydrogen-bond acceptors (Lipinski definition) is 2. The van der Waals surface area contributed by atoms with E-state index >= 15 is 0 Å². The quantitative estimate of drug-likeness (QED) is 0.922. The normalized spacial score (nSPS) is 13.5. The summed E-state index contributed by atoms with van der Waals surface area (Å²) < 4.78 is 13.3. The molecule has 0 aliphatic carbocycles. The number of carboxylic acid groups (broad SMARTS) is 1. The number of hydrogen-bond donors (Lipinski definition) is 1. The molecule has 0 atom stereocenters. The summed E-state index contributed by atoms with van der Waals surface area (Å²) in [5.41, 5.74) is 1.44. The van der Waals surface area contributed by atoms with E-state index in [0.717, 1.165) is 5.56 Å². The molecule has 0 spiro atoms. The summed E-state index contributed by atoms with van der Waals surface area (Å²) in [6.07, 6.45) is 0.653. The van der Waals surface area contributed by atoms with E-state index in [-0.39, 0.29) is 12.6 Å². The van der Waals surface area contributed by atoms with Gasteiger partial charge in [-0.15, -0.1) is 0 Å². The van der Waals surface area contributed by atoms with Crippen molar-refractivity contribution < 1.29 is 19.1 Å². The van der Waals surface area contributed by atoms with Crippen LogP contribution in [0.5, 0.6) is 0 Å². The number of benzene rings is 1. The molecule has 0 bridgehead atoms. The standard InChI is InChI=1S/C14H17FN2O3/c1-9(2)17(8-13(18)19)14(20)16-6-5-10-3-4-11(15)7-12(10)16/h3-4,7,9H,5-6,8H2,1-2H3,(H,18,19). The minimum atomic E-state index is -1.06. The summed E-state index contributed by atoms with van der Waals surface area (Å²) in [6, 6.07) is 3.71. The first-order chi connectivity index (χ1) is 9.40. The van der Waals surface area contributed by atoms with E-state index in [1.54, 1.807) is 19.9 Å². The summed E-state index contributed by atoms with van der Waals surface area (Å²) in [5.74, 6) is -1.47. The first-order valence-corrected chi connectivity index (χ1v) is 6.48. The molecule has 0 unspecified atom stereocenters. The molecule has 108 valence electrons. The number of urea groups is 1. The Morgan fingerprint density at radius 2 is 2.15 bits per heavy atom. The lowest BCUT2D eigenvalue weighted by Crippen LogP contribution is -2.48. The highest BCUT2D eigenvalue weighted by Crippen LogP contribution is 2.29. The SMILES string of the molecule is CC(C)N(CC(=O)O)C(=O)N1CCc2ccc(F)cc21. The number of anilines is 1. The maximum Gasteiger partial charge on any atom is 0.325 e. The lowest BCUT2D eigenvalue weighted by molar-refractivity contribution is -0.137. The van der Waals surface area contributed by atoms with Crippen molar-refractivity contribution in [3.8, 4) is 0 Å². The van der Waals surface area contributed by atoms with Crippen LogP contribution in [0.1, 0.15) is 19.4 Å². The average Bonchev–Trinajstić information content (AvgIpc) is 2.77. The molecule has 0 saturated heterocycles. The summed E-state index contributed by atoms with van der Waals surface area (Å²) in [7, 11) is 0. The Morgan fingerprint density at radius 3 is 2.75 bits per heavy atom. The molecule has 1 heterocycles. The highest BCUT2D eigenvalue weighted by molar-refractivity contribution is 5.95. The van der Waals surface area contributed by atoms with Crippen molar-refractivity contribution in [2.24, 2.45) is 0 Å². The third-order valence-electron chi connectivity index (χ3n) is 3.35. The predicted molar refractivity (Wildman–Crippen MR) is 72.3 cm³/mol. The van der Waals surface area contributed by atoms with E-state index in [2.05, 4.69) is 0 Å². The van der Waals surface area contributed by atoms with Gasteiger partial charge in [-0.3, -0.25) is 9.69 Å². The van der Waals surface area contributed by atoms with Gasteiger partial charge in [0, 0.05) is 12.6 Å². The summed E-state index contributed by atoms with van der Waals surface area (Å²) in [6.45, 7) is 3.59. The molecule has 20 heavy (non-hydrogen) atoms. The topological polar surface area (TPSA) is 60.9 Å². The number of carbonyl (C=O) groups excluding carboxylic acids is 1. The lowest BCUT2D eigenvalue weighted by atomic mass is 10.2. The van der Waals surface area contributed by atoms with Crippen LogP contribution in [0.2, 0.25) is 0 Å². The molecule has 0 aromatic heterocycles. The van der Waals surface area contributed by atoms with Crippen molar-refractivity contribution in [1.29, 1.82) is 0 Å². The molecule has 0 radical (unpaired) electrons. The number of carbonyl (C=O) groups is 2. The molecular weight excluding hydrogens is 263 g/mol. The van der Waals surface area contributed by atoms with Crippen LogP contribution in [0.25, 0.3) is 0 Å². The fraction of sp³-hybridized carbons (Fsp3) is 0.429. The smallest absolute Gasteiger partial charge is 0.325 e. The lowest BCUT2D eigenvalue weighted by Gasteiger charge is -2.30. The van der Waals surface area contributed by atoms with Crippen molar-refractivity contribution in [3.63, 3.8) is 0 Å². The zero-order chi connectivity index (χ0) is 14.9. The Labute approximate surface area is 116 Å². The third kappa shape index (κ3) is 2.74. The Bertz CT molecular complexity index is 545. The molecule has 1 aliphatic rings. The van der Waals surface area contributed by atoms with Gasteiger partial charge in [-0.25, -0.2) is 9.18 Å². The molecule has 1 aromatic rings. The van der Waals surface area contributed by atoms with Crippen molar-refractivity contribution in [3.05, 3.63) is 29.6 Å². The Hall–Kier alpha value is -2.11. The van der Waals surface area contributed by atoms with Crippen LogP contribution in [0, 0.1) is 5.82 Å². The van der Waals surface area contributed by atoms with Gasteiger partial charge in [0.1, 0.15) is 12.4 Å². The average molecular weight is 280 g/mol. The van der Waals surface area contributed by atoms with Gasteiger partial charge in [-0.05, 0) is 38.0 Å². The molecule has 0 fully saturated rings. The molecule has 5 nitrogen and oxygen atoms in total. The molecule has 2 rings (SSSR count). The van der Waals surface area contributed by atoms with Crippen molar-refractivity contribution in [1.82, 2.24) is 4.90 Å². The van der Waals surface area contributed by atoms with Crippen LogP contribution in [-0.2, 0) is 11.2 Å². The van der Waals surface area contributed by atoms with E-state index in [1.165, 1.54) is 21.9 Å². The number of fused-ring (bicyclic) bond motifs is 1. The van der Waals surface area contributed by atoms with E-state index in [1.807, 2.05) is 0 Å². The zero-order valence-electron chi connectivity index (χ0n) is 11.5. The minimum Gasteiger partial charge on any atom is -0.480 e. The van der Waals surface area contributed by atoms with E-state index < -0.39 is 17.8 Å². The van der Waals surface area contributed by atoms with Crippen LogP contribution in [-0.4, -0.2) is 41.1 Å². The Balaban J connectivity index is 2.26. The first kappa shape index (κ1) is 14.3. The number of nitrogens with zero attached hydrogens (tertiary/aromatic N) is 2. The largest absolute Gasteiger partial charge is 0.480 e. The number of amides is 2. The maximum absolute atomic E-state index is 13.3. The predicted octanol–water partition coefficient (Wildman–Crippen LogP) is 2.10. The summed E-state index contributed by atoms with van der Waals surface area (Å²) in [4.78, 5) is 26.0. The fourth-order valence-electron chi connectivity index (χ4n) is 2.32. The van der Waals surface area contributed by atoms with Gasteiger partial charge >= 0.3 is 12.0 Å². The van der Waals surface area contributed by atoms with Crippen LogP contribution < -0.4 is 4.90 Å². The number of halogens is 1. The van der Waals surface area contributed by atoms with Crippen LogP contribution in [0.3, 0.4) is 0 Å². The van der Waals surface area contributed by atoms with Crippen molar-refractivity contribution in [2.45, 2.75) is 26.3 Å². The first-order valence-electron chi connectivity index (χ1n) is 6.48. The molecule has 1 N–H and O–H groups in total. The van der Waals surface area contributed by atoms with E-state index in [9.17, 15) is 14.0 Å². The minimum absolute atomic E-state index is 0.240. The highest BCUT2D eigenvalue weighted by Gasteiger charge is 2.30. The Morgan fingerprint density at radius 1 is 1.45 bits per heavy atom. The van der Waals surface area contributed by atoms with Gasteiger partial charge in [0.25, 0.3) is 0 Å². The number of aliphatic carboxylic acids is 1. The van der Waals surface area contributed by atoms with Gasteiger partial charge in [0.15, 0.2) is 0 Å². The van der Waals surface area contributed by atoms with Gasteiger partial charge in [-0.1, -0.05) is 6.07 Å². The van der Waals surface area contributed by atoms with Crippen LogP contribution in [0.15, 0.2) is 18.2 Å². The summed E-state index contributed by atoms with van der Waals surface area (Å²) in [5, 5.41) is 8.89. The van der Waals surface area contributed by atoms with Crippen molar-refractivity contribution >= 4 is 17.7 Å². The van der Waals surface area contributed by atoms with Gasteiger partial charge < -0.3 is 10.0 Å². The van der Waals surface area contributed by atoms with Crippen LogP contribution in [0.4, 0.5) is 14.9 Å². The fourth-order valence-corrected chi connectivity index (χ4v) is 2.32. The zero-order valence-corrected chi connectivity index (χ0v) is 11.5. The van der Waals surface area contributed by atoms with Crippen LogP contribution >= 0.6 is 0 Å².